The highest BCUT2D eigenvalue weighted by Crippen LogP contribution is 2.30. The summed E-state index contributed by atoms with van der Waals surface area (Å²) in [5.74, 6) is -0.0592. The summed E-state index contributed by atoms with van der Waals surface area (Å²) in [6.07, 6.45) is 2.31. The number of sulfonamides is 1. The molecule has 0 spiro atoms. The van der Waals surface area contributed by atoms with Crippen LogP contribution in [0.3, 0.4) is 0 Å². The van der Waals surface area contributed by atoms with Gasteiger partial charge in [0.05, 0.1) is 11.4 Å². The lowest BCUT2D eigenvalue weighted by Gasteiger charge is -2.36. The van der Waals surface area contributed by atoms with Crippen molar-refractivity contribution in [2.75, 3.05) is 6.54 Å². The Kier molecular flexibility index (Phi) is 4.11. The molecule has 1 saturated carbocycles. The molecule has 1 fully saturated rings. The molecule has 100 valence electrons. The van der Waals surface area contributed by atoms with E-state index >= 15 is 0 Å². The molecule has 2 N–H and O–H groups in total. The summed E-state index contributed by atoms with van der Waals surface area (Å²) in [6, 6.07) is 7.15. The van der Waals surface area contributed by atoms with E-state index in [2.05, 4.69) is 20.7 Å². The molecule has 6 heteroatoms. The van der Waals surface area contributed by atoms with E-state index in [9.17, 15) is 13.5 Å². The Hall–Kier alpha value is -0.430. The van der Waals surface area contributed by atoms with Gasteiger partial charge in [0.1, 0.15) is 0 Å². The fraction of sp³-hybridized carbons (Fsp3) is 0.500. The monoisotopic (exact) mass is 333 g/mol. The zero-order chi connectivity index (χ0) is 13.2. The van der Waals surface area contributed by atoms with Crippen molar-refractivity contribution in [2.45, 2.75) is 30.6 Å². The highest BCUT2D eigenvalue weighted by Gasteiger charge is 2.35. The van der Waals surface area contributed by atoms with Crippen molar-refractivity contribution in [3.8, 4) is 0 Å². The lowest BCUT2D eigenvalue weighted by atomic mass is 9.81. The summed E-state index contributed by atoms with van der Waals surface area (Å²) in [5, 5.41) is 9.84. The molecular formula is C12H16BrNO3S. The van der Waals surface area contributed by atoms with Crippen LogP contribution in [0.4, 0.5) is 0 Å². The Bertz CT molecular complexity index is 509. The number of hydrogen-bond donors (Lipinski definition) is 2. The fourth-order valence-corrected chi connectivity index (χ4v) is 3.34. The molecule has 1 aromatic carbocycles. The molecular weight excluding hydrogens is 318 g/mol. The van der Waals surface area contributed by atoms with Crippen LogP contribution < -0.4 is 4.72 Å². The van der Waals surface area contributed by atoms with Crippen molar-refractivity contribution in [1.29, 1.82) is 0 Å². The third-order valence-electron chi connectivity index (χ3n) is 3.18. The fourth-order valence-electron chi connectivity index (χ4n) is 1.86. The highest BCUT2D eigenvalue weighted by atomic mass is 79.9. The number of benzene rings is 1. The Balaban J connectivity index is 1.92. The second-order valence-electron chi connectivity index (χ2n) is 4.78. The minimum Gasteiger partial charge on any atom is -0.389 e. The van der Waals surface area contributed by atoms with Gasteiger partial charge in [0.25, 0.3) is 0 Å². The quantitative estimate of drug-likeness (QED) is 0.863. The Morgan fingerprint density at radius 1 is 1.28 bits per heavy atom. The molecule has 0 unspecified atom stereocenters. The van der Waals surface area contributed by atoms with E-state index in [1.807, 2.05) is 12.1 Å². The lowest BCUT2D eigenvalue weighted by molar-refractivity contribution is -0.0271. The van der Waals surface area contributed by atoms with Crippen molar-refractivity contribution in [3.63, 3.8) is 0 Å². The molecule has 18 heavy (non-hydrogen) atoms. The molecule has 0 bridgehead atoms. The molecule has 2 rings (SSSR count). The maximum absolute atomic E-state index is 11.8. The van der Waals surface area contributed by atoms with E-state index in [-0.39, 0.29) is 12.3 Å². The largest absolute Gasteiger partial charge is 0.389 e. The highest BCUT2D eigenvalue weighted by molar-refractivity contribution is 9.10. The molecule has 0 aliphatic heterocycles. The average Bonchev–Trinajstić information content (AvgIpc) is 2.27. The molecule has 0 heterocycles. The zero-order valence-corrected chi connectivity index (χ0v) is 12.3. The second-order valence-corrected chi connectivity index (χ2v) is 7.51. The van der Waals surface area contributed by atoms with Gasteiger partial charge in [-0.3, -0.25) is 0 Å². The second kappa shape index (κ2) is 5.28. The molecule has 0 amide bonds. The van der Waals surface area contributed by atoms with Crippen LogP contribution >= 0.6 is 15.9 Å². The van der Waals surface area contributed by atoms with Crippen LogP contribution in [0, 0.1) is 0 Å². The van der Waals surface area contributed by atoms with Crippen LogP contribution in [-0.2, 0) is 15.8 Å². The van der Waals surface area contributed by atoms with Gasteiger partial charge in [-0.25, -0.2) is 13.1 Å². The SMILES string of the molecule is O=S(=O)(Cc1ccc(Br)cc1)NCC1(O)CCC1. The molecule has 0 atom stereocenters. The summed E-state index contributed by atoms with van der Waals surface area (Å²) >= 11 is 3.30. The first-order valence-electron chi connectivity index (χ1n) is 5.83. The number of nitrogens with one attached hydrogen (secondary N) is 1. The summed E-state index contributed by atoms with van der Waals surface area (Å²) in [7, 11) is -3.38. The summed E-state index contributed by atoms with van der Waals surface area (Å²) in [4.78, 5) is 0. The third kappa shape index (κ3) is 3.78. The van der Waals surface area contributed by atoms with Crippen molar-refractivity contribution in [3.05, 3.63) is 34.3 Å². The topological polar surface area (TPSA) is 66.4 Å². The molecule has 0 radical (unpaired) electrons. The predicted octanol–water partition coefficient (Wildman–Crippen LogP) is 1.78. The maximum atomic E-state index is 11.8. The molecule has 1 aliphatic carbocycles. The minimum atomic E-state index is -3.38. The van der Waals surface area contributed by atoms with Gasteiger partial charge in [-0.2, -0.15) is 0 Å². The third-order valence-corrected chi connectivity index (χ3v) is 5.00. The number of rotatable bonds is 5. The van der Waals surface area contributed by atoms with Gasteiger partial charge < -0.3 is 5.11 Å². The summed E-state index contributed by atoms with van der Waals surface area (Å²) in [5.41, 5.74) is -0.0985. The standard InChI is InChI=1S/C12H16BrNO3S/c13-11-4-2-10(3-5-11)8-18(16,17)14-9-12(15)6-1-7-12/h2-5,14-15H,1,6-9H2. The molecule has 4 nitrogen and oxygen atoms in total. The summed E-state index contributed by atoms with van der Waals surface area (Å²) < 4.78 is 27.1. The van der Waals surface area contributed by atoms with Gasteiger partial charge in [-0.15, -0.1) is 0 Å². The maximum Gasteiger partial charge on any atom is 0.215 e. The number of hydrogen-bond acceptors (Lipinski definition) is 3. The van der Waals surface area contributed by atoms with Crippen molar-refractivity contribution in [2.24, 2.45) is 0 Å². The van der Waals surface area contributed by atoms with Crippen LogP contribution in [0.15, 0.2) is 28.7 Å². The van der Waals surface area contributed by atoms with Crippen LogP contribution in [0.25, 0.3) is 0 Å². The first kappa shape index (κ1) is 14.0. The molecule has 0 aromatic heterocycles. The lowest BCUT2D eigenvalue weighted by Crippen LogP contribution is -2.47. The van der Waals surface area contributed by atoms with E-state index in [1.165, 1.54) is 0 Å². The summed E-state index contributed by atoms with van der Waals surface area (Å²) in [6.45, 7) is 0.117. The van der Waals surface area contributed by atoms with E-state index in [0.29, 0.717) is 12.8 Å². The van der Waals surface area contributed by atoms with Crippen LogP contribution in [0.5, 0.6) is 0 Å². The normalized spacial score (nSPS) is 18.3. The predicted molar refractivity (Wildman–Crippen MR) is 73.6 cm³/mol. The van der Waals surface area contributed by atoms with Crippen LogP contribution in [0.1, 0.15) is 24.8 Å². The van der Waals surface area contributed by atoms with Gasteiger partial charge in [0.2, 0.25) is 10.0 Å². The first-order chi connectivity index (χ1) is 8.39. The smallest absolute Gasteiger partial charge is 0.215 e. The van der Waals surface area contributed by atoms with Gasteiger partial charge in [0, 0.05) is 11.0 Å². The Morgan fingerprint density at radius 3 is 2.39 bits per heavy atom. The zero-order valence-electron chi connectivity index (χ0n) is 9.89. The first-order valence-corrected chi connectivity index (χ1v) is 8.27. The van der Waals surface area contributed by atoms with E-state index in [1.54, 1.807) is 12.1 Å². The van der Waals surface area contributed by atoms with Crippen LogP contribution in [0.2, 0.25) is 0 Å². The van der Waals surface area contributed by atoms with Gasteiger partial charge in [-0.05, 0) is 37.0 Å². The van der Waals surface area contributed by atoms with E-state index < -0.39 is 15.6 Å². The minimum absolute atomic E-state index is 0.0592. The van der Waals surface area contributed by atoms with E-state index in [4.69, 9.17) is 0 Å². The number of aliphatic hydroxyl groups is 1. The molecule has 1 aromatic rings. The van der Waals surface area contributed by atoms with Crippen molar-refractivity contribution in [1.82, 2.24) is 4.72 Å². The van der Waals surface area contributed by atoms with Gasteiger partial charge in [-0.1, -0.05) is 28.1 Å². The van der Waals surface area contributed by atoms with Crippen molar-refractivity contribution >= 4 is 26.0 Å². The average molecular weight is 334 g/mol. The van der Waals surface area contributed by atoms with Gasteiger partial charge >= 0.3 is 0 Å². The Labute approximate surface area is 116 Å². The van der Waals surface area contributed by atoms with Crippen molar-refractivity contribution < 1.29 is 13.5 Å². The van der Waals surface area contributed by atoms with E-state index in [0.717, 1.165) is 16.5 Å². The van der Waals surface area contributed by atoms with Crippen LogP contribution in [-0.4, -0.2) is 25.7 Å². The molecule has 0 saturated heterocycles. The number of halogens is 1. The Morgan fingerprint density at radius 2 is 1.89 bits per heavy atom. The van der Waals surface area contributed by atoms with Gasteiger partial charge in [0.15, 0.2) is 0 Å². The molecule has 1 aliphatic rings.